The number of hydrogen-bond donors (Lipinski definition) is 2. The lowest BCUT2D eigenvalue weighted by Gasteiger charge is -2.14. The largest absolute Gasteiger partial charge is 0.449 e. The quantitative estimate of drug-likeness (QED) is 0.264. The number of carbonyl (C=O) groups excluding carboxylic acids is 2. The van der Waals surface area contributed by atoms with Crippen LogP contribution in [0.25, 0.3) is 0 Å². The van der Waals surface area contributed by atoms with E-state index in [0.29, 0.717) is 18.8 Å². The molecule has 0 saturated carbocycles. The standard InChI is InChI=1S/C21H25N3O6/c1-4-15-5-8-17(9-6-15)23-20(25)14(2)30-21(26)16-7-10-18(22-11-12-29-3)19(13-16)24(27)28/h5-10,13-14,22H,4,11-12H2,1-3H3,(H,23,25)/t14-/m0/s1. The smallest absolute Gasteiger partial charge is 0.339 e. The number of nitrogens with zero attached hydrogens (tertiary/aromatic N) is 1. The van der Waals surface area contributed by atoms with Crippen LogP contribution in [0.5, 0.6) is 0 Å². The van der Waals surface area contributed by atoms with Gasteiger partial charge in [0.1, 0.15) is 5.69 Å². The number of esters is 1. The minimum Gasteiger partial charge on any atom is -0.449 e. The molecule has 0 aliphatic rings. The monoisotopic (exact) mass is 415 g/mol. The Kier molecular flexibility index (Phi) is 8.30. The van der Waals surface area contributed by atoms with E-state index < -0.39 is 22.9 Å². The Hall–Kier alpha value is -3.46. The van der Waals surface area contributed by atoms with Gasteiger partial charge in [0.25, 0.3) is 11.6 Å². The number of aryl methyl sites for hydroxylation is 1. The molecule has 1 amide bonds. The number of nitro benzene ring substituents is 1. The predicted molar refractivity (Wildman–Crippen MR) is 113 cm³/mol. The summed E-state index contributed by atoms with van der Waals surface area (Å²) in [6.07, 6.45) is -0.198. The molecule has 0 unspecified atom stereocenters. The summed E-state index contributed by atoms with van der Waals surface area (Å²) in [5, 5.41) is 16.9. The summed E-state index contributed by atoms with van der Waals surface area (Å²) < 4.78 is 10.1. The van der Waals surface area contributed by atoms with Crippen LogP contribution in [-0.4, -0.2) is 43.2 Å². The van der Waals surface area contributed by atoms with E-state index in [-0.39, 0.29) is 16.9 Å². The highest BCUT2D eigenvalue weighted by Crippen LogP contribution is 2.26. The molecule has 2 aromatic rings. The second-order valence-electron chi connectivity index (χ2n) is 6.50. The minimum absolute atomic E-state index is 0.0223. The lowest BCUT2D eigenvalue weighted by atomic mass is 10.1. The molecule has 0 bridgehead atoms. The highest BCUT2D eigenvalue weighted by Gasteiger charge is 2.22. The molecule has 2 aromatic carbocycles. The van der Waals surface area contributed by atoms with Gasteiger partial charge >= 0.3 is 5.97 Å². The van der Waals surface area contributed by atoms with Crippen LogP contribution in [0.4, 0.5) is 17.1 Å². The van der Waals surface area contributed by atoms with E-state index in [9.17, 15) is 19.7 Å². The predicted octanol–water partition coefficient (Wildman–Crippen LogP) is 3.40. The fourth-order valence-corrected chi connectivity index (χ4v) is 2.60. The normalized spacial score (nSPS) is 11.4. The Balaban J connectivity index is 2.03. The second-order valence-corrected chi connectivity index (χ2v) is 6.50. The molecule has 2 N–H and O–H groups in total. The number of amides is 1. The molecule has 1 atom stereocenters. The van der Waals surface area contributed by atoms with Crippen LogP contribution in [0.1, 0.15) is 29.8 Å². The summed E-state index contributed by atoms with van der Waals surface area (Å²) >= 11 is 0. The lowest BCUT2D eigenvalue weighted by Crippen LogP contribution is -2.30. The Labute approximate surface area is 174 Å². The molecule has 30 heavy (non-hydrogen) atoms. The van der Waals surface area contributed by atoms with Crippen LogP contribution in [0.15, 0.2) is 42.5 Å². The summed E-state index contributed by atoms with van der Waals surface area (Å²) in [7, 11) is 1.52. The first-order valence-electron chi connectivity index (χ1n) is 9.47. The Bertz CT molecular complexity index is 898. The van der Waals surface area contributed by atoms with Crippen LogP contribution in [0, 0.1) is 10.1 Å². The van der Waals surface area contributed by atoms with Crippen LogP contribution >= 0.6 is 0 Å². The van der Waals surface area contributed by atoms with Gasteiger partial charge in [0.2, 0.25) is 0 Å². The molecule has 0 radical (unpaired) electrons. The molecule has 0 spiro atoms. The number of nitro groups is 1. The number of methoxy groups -OCH3 is 1. The maximum absolute atomic E-state index is 12.4. The second kappa shape index (κ2) is 10.9. The first-order chi connectivity index (χ1) is 14.3. The van der Waals surface area contributed by atoms with Crippen molar-refractivity contribution in [3.63, 3.8) is 0 Å². The maximum Gasteiger partial charge on any atom is 0.339 e. The molecule has 0 aromatic heterocycles. The van der Waals surface area contributed by atoms with E-state index in [0.717, 1.165) is 18.1 Å². The van der Waals surface area contributed by atoms with Gasteiger partial charge in [-0.15, -0.1) is 0 Å². The fraction of sp³-hybridized carbons (Fsp3) is 0.333. The SMILES string of the molecule is CCc1ccc(NC(=O)[C@H](C)OC(=O)c2ccc(NCCOC)c([N+](=O)[O-])c2)cc1. The van der Waals surface area contributed by atoms with Gasteiger partial charge in [0, 0.05) is 25.4 Å². The third kappa shape index (κ3) is 6.28. The molecule has 9 heteroatoms. The minimum atomic E-state index is -1.08. The molecular formula is C21H25N3O6. The molecule has 9 nitrogen and oxygen atoms in total. The van der Waals surface area contributed by atoms with Crippen molar-refractivity contribution in [2.45, 2.75) is 26.4 Å². The summed E-state index contributed by atoms with van der Waals surface area (Å²) in [5.74, 6) is -1.33. The van der Waals surface area contributed by atoms with E-state index >= 15 is 0 Å². The Morgan fingerprint density at radius 2 is 1.87 bits per heavy atom. The van der Waals surface area contributed by atoms with Crippen molar-refractivity contribution in [3.8, 4) is 0 Å². The van der Waals surface area contributed by atoms with E-state index in [1.54, 1.807) is 12.1 Å². The number of ether oxygens (including phenoxy) is 2. The van der Waals surface area contributed by atoms with Gasteiger partial charge in [-0.25, -0.2) is 4.79 Å². The maximum atomic E-state index is 12.4. The van der Waals surface area contributed by atoms with Crippen molar-refractivity contribution in [3.05, 3.63) is 63.7 Å². The van der Waals surface area contributed by atoms with E-state index in [2.05, 4.69) is 10.6 Å². The summed E-state index contributed by atoms with van der Waals surface area (Å²) in [4.78, 5) is 35.4. The van der Waals surface area contributed by atoms with Crippen LogP contribution in [0.2, 0.25) is 0 Å². The molecular weight excluding hydrogens is 390 g/mol. The number of nitrogens with one attached hydrogen (secondary N) is 2. The summed E-state index contributed by atoms with van der Waals surface area (Å²) in [5.41, 5.74) is 1.69. The van der Waals surface area contributed by atoms with Crippen molar-refractivity contribution in [1.29, 1.82) is 0 Å². The fourth-order valence-electron chi connectivity index (χ4n) is 2.60. The number of rotatable bonds is 10. The molecule has 160 valence electrons. The average Bonchev–Trinajstić information content (AvgIpc) is 2.74. The van der Waals surface area contributed by atoms with Gasteiger partial charge < -0.3 is 20.1 Å². The van der Waals surface area contributed by atoms with Crippen molar-refractivity contribution in [2.24, 2.45) is 0 Å². The number of hydrogen-bond acceptors (Lipinski definition) is 7. The topological polar surface area (TPSA) is 120 Å². The zero-order valence-electron chi connectivity index (χ0n) is 17.1. The zero-order chi connectivity index (χ0) is 22.1. The van der Waals surface area contributed by atoms with E-state index in [1.807, 2.05) is 19.1 Å². The van der Waals surface area contributed by atoms with Gasteiger partial charge in [-0.1, -0.05) is 19.1 Å². The highest BCUT2D eigenvalue weighted by atomic mass is 16.6. The van der Waals surface area contributed by atoms with Gasteiger partial charge in [-0.3, -0.25) is 14.9 Å². The van der Waals surface area contributed by atoms with Gasteiger partial charge in [0.05, 0.1) is 17.1 Å². The third-order valence-electron chi connectivity index (χ3n) is 4.33. The highest BCUT2D eigenvalue weighted by molar-refractivity contribution is 5.97. The molecule has 0 saturated heterocycles. The number of anilines is 2. The first kappa shape index (κ1) is 22.8. The van der Waals surface area contributed by atoms with Crippen LogP contribution in [-0.2, 0) is 20.7 Å². The van der Waals surface area contributed by atoms with Crippen molar-refractivity contribution >= 4 is 28.9 Å². The molecule has 0 heterocycles. The molecule has 0 aliphatic carbocycles. The van der Waals surface area contributed by atoms with Gasteiger partial charge in [0.15, 0.2) is 6.10 Å². The van der Waals surface area contributed by atoms with Crippen LogP contribution in [0.3, 0.4) is 0 Å². The molecule has 0 aliphatic heterocycles. The van der Waals surface area contributed by atoms with Crippen LogP contribution < -0.4 is 10.6 Å². The van der Waals surface area contributed by atoms with Crippen molar-refractivity contribution in [1.82, 2.24) is 0 Å². The van der Waals surface area contributed by atoms with Crippen molar-refractivity contribution in [2.75, 3.05) is 30.9 Å². The number of carbonyl (C=O) groups is 2. The van der Waals surface area contributed by atoms with Gasteiger partial charge in [-0.05, 0) is 43.2 Å². The zero-order valence-corrected chi connectivity index (χ0v) is 17.1. The van der Waals surface area contributed by atoms with Gasteiger partial charge in [-0.2, -0.15) is 0 Å². The first-order valence-corrected chi connectivity index (χ1v) is 9.47. The van der Waals surface area contributed by atoms with E-state index in [4.69, 9.17) is 9.47 Å². The average molecular weight is 415 g/mol. The van der Waals surface area contributed by atoms with Crippen molar-refractivity contribution < 1.29 is 24.0 Å². The Morgan fingerprint density at radius 1 is 1.17 bits per heavy atom. The number of benzene rings is 2. The van der Waals surface area contributed by atoms with E-state index in [1.165, 1.54) is 26.2 Å². The lowest BCUT2D eigenvalue weighted by molar-refractivity contribution is -0.384. The third-order valence-corrected chi connectivity index (χ3v) is 4.33. The Morgan fingerprint density at radius 3 is 2.47 bits per heavy atom. The summed E-state index contributed by atoms with van der Waals surface area (Å²) in [6.45, 7) is 4.21. The molecule has 0 fully saturated rings. The summed E-state index contributed by atoms with van der Waals surface area (Å²) in [6, 6.07) is 11.3. The molecule has 2 rings (SSSR count).